The van der Waals surface area contributed by atoms with Crippen molar-refractivity contribution in [2.45, 2.75) is 13.0 Å². The lowest BCUT2D eigenvalue weighted by Gasteiger charge is -2.22. The molecule has 1 aromatic rings. The van der Waals surface area contributed by atoms with Crippen LogP contribution in [-0.4, -0.2) is 39.6 Å². The van der Waals surface area contributed by atoms with Crippen LogP contribution < -0.4 is 19.5 Å². The van der Waals surface area contributed by atoms with Crippen molar-refractivity contribution in [3.63, 3.8) is 0 Å². The smallest absolute Gasteiger partial charge is 0.131 e. The van der Waals surface area contributed by atoms with Gasteiger partial charge in [-0.2, -0.15) is 0 Å². The lowest BCUT2D eigenvalue weighted by molar-refractivity contribution is 0.238. The second kappa shape index (κ2) is 7.08. The second-order valence-corrected chi connectivity index (χ2v) is 3.74. The Hall–Kier alpha value is -1.46. The maximum absolute atomic E-state index is 9.47. The minimum absolute atomic E-state index is 0.0348. The Balaban J connectivity index is 3.28. The molecule has 0 saturated heterocycles. The molecule has 0 amide bonds. The molecular weight excluding hydrogens is 234 g/mol. The van der Waals surface area contributed by atoms with Gasteiger partial charge in [0.05, 0.1) is 39.5 Å². The fourth-order valence-corrected chi connectivity index (χ4v) is 1.88. The Kier molecular flexibility index (Phi) is 5.74. The molecule has 5 nitrogen and oxygen atoms in total. The number of rotatable bonds is 7. The highest BCUT2D eigenvalue weighted by Crippen LogP contribution is 2.38. The first-order valence-electron chi connectivity index (χ1n) is 5.85. The van der Waals surface area contributed by atoms with Crippen LogP contribution in [0.1, 0.15) is 18.5 Å². The van der Waals surface area contributed by atoms with E-state index in [-0.39, 0.29) is 12.6 Å². The number of ether oxygens (including phenoxy) is 3. The topological polar surface area (TPSA) is 60.0 Å². The fourth-order valence-electron chi connectivity index (χ4n) is 1.88. The third-order valence-corrected chi connectivity index (χ3v) is 2.73. The van der Waals surface area contributed by atoms with E-state index in [1.807, 2.05) is 6.92 Å². The molecule has 18 heavy (non-hydrogen) atoms. The molecule has 0 spiro atoms. The van der Waals surface area contributed by atoms with E-state index < -0.39 is 0 Å². The second-order valence-electron chi connectivity index (χ2n) is 3.74. The minimum atomic E-state index is -0.231. The van der Waals surface area contributed by atoms with Crippen molar-refractivity contribution in [3.05, 3.63) is 17.7 Å². The first-order chi connectivity index (χ1) is 8.71. The van der Waals surface area contributed by atoms with Crippen molar-refractivity contribution >= 4 is 0 Å². The van der Waals surface area contributed by atoms with Crippen LogP contribution in [0.25, 0.3) is 0 Å². The van der Waals surface area contributed by atoms with E-state index in [2.05, 4.69) is 5.32 Å². The molecule has 1 rings (SSSR count). The Labute approximate surface area is 108 Å². The van der Waals surface area contributed by atoms with Crippen LogP contribution in [-0.2, 0) is 0 Å². The molecule has 0 radical (unpaired) electrons. The Bertz CT molecular complexity index is 356. The third kappa shape index (κ3) is 3.05. The van der Waals surface area contributed by atoms with Crippen LogP contribution >= 0.6 is 0 Å². The van der Waals surface area contributed by atoms with Crippen LogP contribution in [0.4, 0.5) is 0 Å². The number of aliphatic hydroxyl groups is 1. The molecule has 0 aliphatic heterocycles. The summed E-state index contributed by atoms with van der Waals surface area (Å²) in [4.78, 5) is 0. The Morgan fingerprint density at radius 2 is 1.67 bits per heavy atom. The van der Waals surface area contributed by atoms with E-state index in [0.717, 1.165) is 12.1 Å². The number of hydrogen-bond donors (Lipinski definition) is 2. The standard InChI is InChI=1S/C13H21NO4/c1-5-14-10(8-15)13-11(17-3)6-9(16-2)7-12(13)18-4/h6-7,10,14-15H,5,8H2,1-4H3. The number of methoxy groups -OCH3 is 3. The number of hydrogen-bond acceptors (Lipinski definition) is 5. The summed E-state index contributed by atoms with van der Waals surface area (Å²) in [5.41, 5.74) is 0.796. The maximum atomic E-state index is 9.47. The summed E-state index contributed by atoms with van der Waals surface area (Å²) in [7, 11) is 4.75. The van der Waals surface area contributed by atoms with E-state index in [9.17, 15) is 5.11 Å². The van der Waals surface area contributed by atoms with Crippen molar-refractivity contribution in [3.8, 4) is 17.2 Å². The molecule has 1 aromatic carbocycles. The van der Waals surface area contributed by atoms with Gasteiger partial charge in [0.15, 0.2) is 0 Å². The van der Waals surface area contributed by atoms with Crippen LogP contribution in [0.3, 0.4) is 0 Å². The molecule has 0 aromatic heterocycles. The van der Waals surface area contributed by atoms with E-state index >= 15 is 0 Å². The maximum Gasteiger partial charge on any atom is 0.131 e. The highest BCUT2D eigenvalue weighted by molar-refractivity contribution is 5.52. The molecule has 0 bridgehead atoms. The van der Waals surface area contributed by atoms with Gasteiger partial charge in [-0.15, -0.1) is 0 Å². The van der Waals surface area contributed by atoms with Crippen LogP contribution in [0.15, 0.2) is 12.1 Å². The van der Waals surface area contributed by atoms with Crippen LogP contribution in [0.2, 0.25) is 0 Å². The van der Waals surface area contributed by atoms with Crippen LogP contribution in [0.5, 0.6) is 17.2 Å². The normalized spacial score (nSPS) is 12.1. The average molecular weight is 255 g/mol. The van der Waals surface area contributed by atoms with E-state index in [0.29, 0.717) is 17.2 Å². The van der Waals surface area contributed by atoms with Gasteiger partial charge in [0.2, 0.25) is 0 Å². The first kappa shape index (κ1) is 14.6. The van der Waals surface area contributed by atoms with E-state index in [4.69, 9.17) is 14.2 Å². The van der Waals surface area contributed by atoms with Gasteiger partial charge in [-0.3, -0.25) is 0 Å². The van der Waals surface area contributed by atoms with Crippen molar-refractivity contribution in [2.75, 3.05) is 34.5 Å². The van der Waals surface area contributed by atoms with Gasteiger partial charge in [0.25, 0.3) is 0 Å². The van der Waals surface area contributed by atoms with Crippen molar-refractivity contribution < 1.29 is 19.3 Å². The summed E-state index contributed by atoms with van der Waals surface area (Å²) in [6, 6.07) is 3.32. The van der Waals surface area contributed by atoms with Crippen molar-refractivity contribution in [1.29, 1.82) is 0 Å². The molecule has 0 saturated carbocycles. The molecule has 2 N–H and O–H groups in total. The van der Waals surface area contributed by atoms with Crippen molar-refractivity contribution in [2.24, 2.45) is 0 Å². The third-order valence-electron chi connectivity index (χ3n) is 2.73. The molecule has 0 aliphatic rings. The monoisotopic (exact) mass is 255 g/mol. The predicted octanol–water partition coefficient (Wildman–Crippen LogP) is 1.36. The molecule has 1 atom stereocenters. The van der Waals surface area contributed by atoms with Gasteiger partial charge >= 0.3 is 0 Å². The Morgan fingerprint density at radius 3 is 2.00 bits per heavy atom. The quantitative estimate of drug-likeness (QED) is 0.770. The zero-order chi connectivity index (χ0) is 13.5. The highest BCUT2D eigenvalue weighted by Gasteiger charge is 2.21. The average Bonchev–Trinajstić information content (AvgIpc) is 2.43. The van der Waals surface area contributed by atoms with E-state index in [1.54, 1.807) is 33.5 Å². The molecule has 5 heteroatoms. The molecule has 1 unspecified atom stereocenters. The number of benzene rings is 1. The number of aliphatic hydroxyl groups excluding tert-OH is 1. The van der Waals surface area contributed by atoms with Gasteiger partial charge < -0.3 is 24.6 Å². The van der Waals surface area contributed by atoms with E-state index in [1.165, 1.54) is 0 Å². The summed E-state index contributed by atoms with van der Waals surface area (Å²) >= 11 is 0. The van der Waals surface area contributed by atoms with Crippen molar-refractivity contribution in [1.82, 2.24) is 5.32 Å². The molecule has 102 valence electrons. The zero-order valence-corrected chi connectivity index (χ0v) is 11.3. The molecule has 0 fully saturated rings. The zero-order valence-electron chi connectivity index (χ0n) is 11.3. The fraction of sp³-hybridized carbons (Fsp3) is 0.538. The molecule has 0 aliphatic carbocycles. The number of nitrogens with one attached hydrogen (secondary N) is 1. The van der Waals surface area contributed by atoms with Gasteiger partial charge in [0, 0.05) is 12.1 Å². The summed E-state index contributed by atoms with van der Waals surface area (Å²) in [6.07, 6.45) is 0. The van der Waals surface area contributed by atoms with Gasteiger partial charge in [-0.1, -0.05) is 6.92 Å². The SMILES string of the molecule is CCNC(CO)c1c(OC)cc(OC)cc1OC. The highest BCUT2D eigenvalue weighted by atomic mass is 16.5. The Morgan fingerprint density at radius 1 is 1.11 bits per heavy atom. The predicted molar refractivity (Wildman–Crippen MR) is 69.6 cm³/mol. The molecule has 0 heterocycles. The first-order valence-corrected chi connectivity index (χ1v) is 5.85. The largest absolute Gasteiger partial charge is 0.496 e. The van der Waals surface area contributed by atoms with Gasteiger partial charge in [-0.05, 0) is 6.54 Å². The number of likely N-dealkylation sites (N-methyl/N-ethyl adjacent to an activating group) is 1. The molecular formula is C13H21NO4. The minimum Gasteiger partial charge on any atom is -0.496 e. The summed E-state index contributed by atoms with van der Waals surface area (Å²) in [5.74, 6) is 1.91. The van der Waals surface area contributed by atoms with Gasteiger partial charge in [0.1, 0.15) is 17.2 Å². The summed E-state index contributed by atoms with van der Waals surface area (Å²) < 4.78 is 15.9. The summed E-state index contributed by atoms with van der Waals surface area (Å²) in [5, 5.41) is 12.7. The van der Waals surface area contributed by atoms with Gasteiger partial charge in [-0.25, -0.2) is 0 Å². The summed E-state index contributed by atoms with van der Waals surface area (Å²) in [6.45, 7) is 2.68. The lowest BCUT2D eigenvalue weighted by atomic mass is 10.0. The van der Waals surface area contributed by atoms with Crippen LogP contribution in [0, 0.1) is 0 Å². The lowest BCUT2D eigenvalue weighted by Crippen LogP contribution is -2.25.